The highest BCUT2D eigenvalue weighted by Gasteiger charge is 2.31. The fourth-order valence-electron chi connectivity index (χ4n) is 4.25. The lowest BCUT2D eigenvalue weighted by Gasteiger charge is -2.32. The molecule has 6 nitrogen and oxygen atoms in total. The number of carbonyl (C=O) groups excluding carboxylic acids is 1. The van der Waals surface area contributed by atoms with Crippen molar-refractivity contribution >= 4 is 23.3 Å². The number of hydrogen-bond acceptors (Lipinski definition) is 4. The van der Waals surface area contributed by atoms with Crippen molar-refractivity contribution in [3.63, 3.8) is 0 Å². The number of anilines is 1. The van der Waals surface area contributed by atoms with Gasteiger partial charge < -0.3 is 19.7 Å². The molecule has 148 valence electrons. The summed E-state index contributed by atoms with van der Waals surface area (Å²) in [5.41, 5.74) is 0.661. The molecule has 1 aromatic carbocycles. The molecular weight excluding hydrogens is 366 g/mol. The van der Waals surface area contributed by atoms with Gasteiger partial charge in [0.2, 0.25) is 0 Å². The maximum absolute atomic E-state index is 12.8. The van der Waals surface area contributed by atoms with Crippen molar-refractivity contribution in [1.29, 1.82) is 0 Å². The predicted octanol–water partition coefficient (Wildman–Crippen LogP) is 3.60. The van der Waals surface area contributed by atoms with E-state index < -0.39 is 0 Å². The number of likely N-dealkylation sites (tertiary alicyclic amines) is 1. The summed E-state index contributed by atoms with van der Waals surface area (Å²) in [5, 5.41) is 3.62. The quantitative estimate of drug-likeness (QED) is 0.849. The molecule has 2 heterocycles. The van der Waals surface area contributed by atoms with Gasteiger partial charge in [-0.3, -0.25) is 4.90 Å². The second kappa shape index (κ2) is 8.67. The minimum atomic E-state index is -0.0794. The molecule has 3 fully saturated rings. The Kier molecular flexibility index (Phi) is 6.05. The number of carbonyl (C=O) groups is 1. The lowest BCUT2D eigenvalue weighted by Crippen LogP contribution is -2.45. The van der Waals surface area contributed by atoms with Gasteiger partial charge in [-0.2, -0.15) is 0 Å². The molecule has 1 aromatic rings. The molecule has 0 radical (unpaired) electrons. The van der Waals surface area contributed by atoms with Crippen LogP contribution in [0.1, 0.15) is 32.1 Å². The molecule has 2 amide bonds. The molecule has 2 aliphatic heterocycles. The summed E-state index contributed by atoms with van der Waals surface area (Å²) < 4.78 is 11.6. The normalized spacial score (nSPS) is 24.3. The van der Waals surface area contributed by atoms with Gasteiger partial charge in [0.1, 0.15) is 5.75 Å². The summed E-state index contributed by atoms with van der Waals surface area (Å²) in [6, 6.07) is 5.79. The minimum absolute atomic E-state index is 0.0794. The van der Waals surface area contributed by atoms with Crippen LogP contribution in [0.15, 0.2) is 18.2 Å². The number of rotatable bonds is 4. The average Bonchev–Trinajstić information content (AvgIpc) is 3.37. The van der Waals surface area contributed by atoms with E-state index in [0.29, 0.717) is 22.5 Å². The largest absolute Gasteiger partial charge is 0.488 e. The van der Waals surface area contributed by atoms with Gasteiger partial charge in [-0.05, 0) is 50.3 Å². The van der Waals surface area contributed by atoms with E-state index in [2.05, 4.69) is 10.2 Å². The first-order valence-electron chi connectivity index (χ1n) is 10.0. The molecule has 0 spiro atoms. The zero-order valence-electron chi connectivity index (χ0n) is 15.7. The molecule has 1 atom stereocenters. The third-order valence-electron chi connectivity index (χ3n) is 5.79. The Morgan fingerprint density at radius 3 is 2.70 bits per heavy atom. The van der Waals surface area contributed by atoms with Gasteiger partial charge in [0.25, 0.3) is 0 Å². The van der Waals surface area contributed by atoms with Crippen LogP contribution in [0.2, 0.25) is 5.02 Å². The van der Waals surface area contributed by atoms with E-state index >= 15 is 0 Å². The van der Waals surface area contributed by atoms with Gasteiger partial charge in [0.15, 0.2) is 0 Å². The number of amides is 2. The van der Waals surface area contributed by atoms with Crippen molar-refractivity contribution in [3.05, 3.63) is 23.2 Å². The Morgan fingerprint density at radius 2 is 1.93 bits per heavy atom. The molecule has 0 bridgehead atoms. The van der Waals surface area contributed by atoms with E-state index in [1.54, 1.807) is 6.07 Å². The number of halogens is 1. The molecule has 0 aromatic heterocycles. The molecule has 1 saturated carbocycles. The highest BCUT2D eigenvalue weighted by Crippen LogP contribution is 2.32. The number of nitrogens with zero attached hydrogens (tertiary/aromatic N) is 2. The molecule has 7 heteroatoms. The van der Waals surface area contributed by atoms with Crippen molar-refractivity contribution in [2.75, 3.05) is 44.7 Å². The summed E-state index contributed by atoms with van der Waals surface area (Å²) in [6.45, 7) is 5.00. The van der Waals surface area contributed by atoms with E-state index in [1.807, 2.05) is 17.0 Å². The third kappa shape index (κ3) is 4.68. The lowest BCUT2D eigenvalue weighted by atomic mass is 10.2. The minimum Gasteiger partial charge on any atom is -0.488 e. The van der Waals surface area contributed by atoms with Crippen LogP contribution < -0.4 is 10.1 Å². The number of nitrogens with one attached hydrogen (secondary N) is 1. The molecule has 27 heavy (non-hydrogen) atoms. The van der Waals surface area contributed by atoms with Gasteiger partial charge in [-0.25, -0.2) is 4.79 Å². The fourth-order valence-corrected chi connectivity index (χ4v) is 4.42. The predicted molar refractivity (Wildman–Crippen MR) is 106 cm³/mol. The molecule has 1 unspecified atom stereocenters. The Hall–Kier alpha value is -1.50. The van der Waals surface area contributed by atoms with Crippen molar-refractivity contribution in [2.24, 2.45) is 0 Å². The number of hydrogen-bond donors (Lipinski definition) is 1. The standard InChI is InChI=1S/C20H28ClN3O3/c21-15-5-6-19(27-17-3-1-2-4-17)18(13-15)22-20(25)24-8-7-16(14-24)23-9-11-26-12-10-23/h5-6,13,16-17H,1-4,7-12,14H2,(H,22,25). The van der Waals surface area contributed by atoms with Gasteiger partial charge in [0, 0.05) is 37.2 Å². The Balaban J connectivity index is 1.38. The Bertz CT molecular complexity index is 660. The van der Waals surface area contributed by atoms with Crippen LogP contribution in [0.5, 0.6) is 5.75 Å². The molecule has 1 N–H and O–H groups in total. The molecule has 3 aliphatic rings. The van der Waals surface area contributed by atoms with Crippen LogP contribution in [0.3, 0.4) is 0 Å². The molecule has 2 saturated heterocycles. The van der Waals surface area contributed by atoms with E-state index in [4.69, 9.17) is 21.1 Å². The molecule has 1 aliphatic carbocycles. The number of morpholine rings is 1. The maximum atomic E-state index is 12.8. The average molecular weight is 394 g/mol. The molecular formula is C20H28ClN3O3. The van der Waals surface area contributed by atoms with Gasteiger partial charge in [0.05, 0.1) is 25.0 Å². The smallest absolute Gasteiger partial charge is 0.322 e. The number of urea groups is 1. The van der Waals surface area contributed by atoms with Crippen molar-refractivity contribution in [1.82, 2.24) is 9.80 Å². The van der Waals surface area contributed by atoms with Crippen molar-refractivity contribution in [3.8, 4) is 5.75 Å². The van der Waals surface area contributed by atoms with E-state index in [1.165, 1.54) is 12.8 Å². The second-order valence-electron chi connectivity index (χ2n) is 7.63. The fraction of sp³-hybridized carbons (Fsp3) is 0.650. The van der Waals surface area contributed by atoms with Crippen molar-refractivity contribution in [2.45, 2.75) is 44.2 Å². The Morgan fingerprint density at radius 1 is 1.15 bits per heavy atom. The van der Waals surface area contributed by atoms with Crippen LogP contribution in [-0.2, 0) is 4.74 Å². The second-order valence-corrected chi connectivity index (χ2v) is 8.07. The van der Waals surface area contributed by atoms with Crippen LogP contribution >= 0.6 is 11.6 Å². The Labute approximate surface area is 165 Å². The summed E-state index contributed by atoms with van der Waals surface area (Å²) in [5.74, 6) is 0.712. The van der Waals surface area contributed by atoms with Gasteiger partial charge in [-0.15, -0.1) is 0 Å². The van der Waals surface area contributed by atoms with E-state index in [9.17, 15) is 4.79 Å². The SMILES string of the molecule is O=C(Nc1cc(Cl)ccc1OC1CCCC1)N1CCC(N2CCOCC2)C1. The summed E-state index contributed by atoms with van der Waals surface area (Å²) in [4.78, 5) is 17.1. The maximum Gasteiger partial charge on any atom is 0.322 e. The highest BCUT2D eigenvalue weighted by molar-refractivity contribution is 6.31. The van der Waals surface area contributed by atoms with E-state index in [0.717, 1.165) is 58.7 Å². The lowest BCUT2D eigenvalue weighted by molar-refractivity contribution is 0.0192. The van der Waals surface area contributed by atoms with Crippen molar-refractivity contribution < 1.29 is 14.3 Å². The zero-order valence-corrected chi connectivity index (χ0v) is 16.4. The number of benzene rings is 1. The zero-order chi connectivity index (χ0) is 18.6. The third-order valence-corrected chi connectivity index (χ3v) is 6.03. The summed E-state index contributed by atoms with van der Waals surface area (Å²) >= 11 is 6.16. The first-order chi connectivity index (χ1) is 13.2. The van der Waals surface area contributed by atoms with Gasteiger partial charge in [-0.1, -0.05) is 11.6 Å². The first kappa shape index (κ1) is 18.8. The summed E-state index contributed by atoms with van der Waals surface area (Å²) in [7, 11) is 0. The van der Waals surface area contributed by atoms with Crippen LogP contribution in [0, 0.1) is 0 Å². The summed E-state index contributed by atoms with van der Waals surface area (Å²) in [6.07, 6.45) is 5.80. The topological polar surface area (TPSA) is 54.0 Å². The van der Waals surface area contributed by atoms with Gasteiger partial charge >= 0.3 is 6.03 Å². The monoisotopic (exact) mass is 393 g/mol. The van der Waals surface area contributed by atoms with E-state index in [-0.39, 0.29) is 12.1 Å². The first-order valence-corrected chi connectivity index (χ1v) is 10.4. The number of ether oxygens (including phenoxy) is 2. The highest BCUT2D eigenvalue weighted by atomic mass is 35.5. The van der Waals surface area contributed by atoms with Crippen LogP contribution in [0.4, 0.5) is 10.5 Å². The van der Waals surface area contributed by atoms with Crippen LogP contribution in [-0.4, -0.2) is 67.4 Å². The van der Waals surface area contributed by atoms with Crippen LogP contribution in [0.25, 0.3) is 0 Å². The molecule has 4 rings (SSSR count).